The van der Waals surface area contributed by atoms with Gasteiger partial charge in [0.1, 0.15) is 24.0 Å². The molecule has 0 spiro atoms. The highest BCUT2D eigenvalue weighted by atomic mass is 35.5. The number of hydrogen-bond donors (Lipinski definition) is 2. The lowest BCUT2D eigenvalue weighted by molar-refractivity contribution is -0.152. The van der Waals surface area contributed by atoms with Gasteiger partial charge in [-0.2, -0.15) is 0 Å². The number of esters is 1. The molecule has 2 aliphatic rings. The van der Waals surface area contributed by atoms with Crippen LogP contribution in [0.15, 0.2) is 60.7 Å². The second-order valence-electron chi connectivity index (χ2n) is 10.3. The normalized spacial score (nSPS) is 25.3. The molecule has 0 saturated carbocycles. The van der Waals surface area contributed by atoms with Crippen LogP contribution in [-0.2, 0) is 30.3 Å². The van der Waals surface area contributed by atoms with E-state index in [9.17, 15) is 14.4 Å². The Morgan fingerprint density at radius 2 is 1.88 bits per heavy atom. The lowest BCUT2D eigenvalue weighted by Crippen LogP contribution is -2.47. The average Bonchev–Trinajstić information content (AvgIpc) is 3.75. The molecule has 1 saturated heterocycles. The van der Waals surface area contributed by atoms with E-state index in [0.29, 0.717) is 43.0 Å². The van der Waals surface area contributed by atoms with E-state index in [2.05, 4.69) is 10.6 Å². The van der Waals surface area contributed by atoms with Crippen LogP contribution < -0.4 is 15.4 Å². The molecule has 1 fully saturated rings. The van der Waals surface area contributed by atoms with Gasteiger partial charge < -0.3 is 24.8 Å². The number of epoxide rings is 1. The monoisotopic (exact) mass is 568 g/mol. The second kappa shape index (κ2) is 14.3. The maximum absolute atomic E-state index is 13.0. The topological polar surface area (TPSA) is 106 Å². The fraction of sp³-hybridized carbons (Fsp3) is 0.452. The van der Waals surface area contributed by atoms with Gasteiger partial charge in [0.05, 0.1) is 18.2 Å². The van der Waals surface area contributed by atoms with Gasteiger partial charge in [-0.3, -0.25) is 14.4 Å². The maximum Gasteiger partial charge on any atom is 0.306 e. The highest BCUT2D eigenvalue weighted by molar-refractivity contribution is 6.32. The number of carbonyl (C=O) groups excluding carboxylic acids is 3. The molecule has 4 unspecified atom stereocenters. The van der Waals surface area contributed by atoms with Crippen molar-refractivity contribution in [2.45, 2.75) is 69.8 Å². The molecule has 0 aromatic heterocycles. The summed E-state index contributed by atoms with van der Waals surface area (Å²) >= 11 is 6.27. The Labute approximate surface area is 240 Å². The van der Waals surface area contributed by atoms with E-state index in [1.165, 1.54) is 13.2 Å². The van der Waals surface area contributed by atoms with Crippen molar-refractivity contribution in [3.8, 4) is 5.75 Å². The molecule has 2 heterocycles. The molecule has 5 atom stereocenters. The van der Waals surface area contributed by atoms with Crippen molar-refractivity contribution in [1.29, 1.82) is 0 Å². The van der Waals surface area contributed by atoms with Crippen LogP contribution in [0.5, 0.6) is 5.75 Å². The molecule has 40 heavy (non-hydrogen) atoms. The number of benzene rings is 2. The predicted octanol–water partition coefficient (Wildman–Crippen LogP) is 4.70. The van der Waals surface area contributed by atoms with Crippen LogP contribution >= 0.6 is 11.6 Å². The summed E-state index contributed by atoms with van der Waals surface area (Å²) in [7, 11) is 1.54. The molecule has 4 rings (SSSR count). The van der Waals surface area contributed by atoms with Gasteiger partial charge >= 0.3 is 5.97 Å². The number of cyclic esters (lactones) is 1. The van der Waals surface area contributed by atoms with Crippen LogP contribution in [0.2, 0.25) is 5.02 Å². The first kappa shape index (κ1) is 29.6. The molecule has 0 bridgehead atoms. The van der Waals surface area contributed by atoms with Crippen LogP contribution in [0.1, 0.15) is 56.3 Å². The first-order valence-electron chi connectivity index (χ1n) is 13.8. The summed E-state index contributed by atoms with van der Waals surface area (Å²) in [5.74, 6) is -0.477. The van der Waals surface area contributed by atoms with E-state index < -0.39 is 18.1 Å². The molecule has 2 amide bonds. The summed E-state index contributed by atoms with van der Waals surface area (Å²) in [6.45, 7) is 2.46. The molecule has 214 valence electrons. The third-order valence-corrected chi connectivity index (χ3v) is 7.62. The number of hydrogen-bond acceptors (Lipinski definition) is 6. The van der Waals surface area contributed by atoms with Crippen LogP contribution in [-0.4, -0.2) is 49.7 Å². The third kappa shape index (κ3) is 8.32. The van der Waals surface area contributed by atoms with Gasteiger partial charge in [0, 0.05) is 31.7 Å². The standard InChI is InChI=1S/C31H37ClN2O6/c1-20(29-30(40-29)22-10-5-3-6-11-22)25-12-9-13-27(35)34-24(19-21-15-16-26(38-2)23(32)18-21)31(37)33-17-8-4-7-14-28(36)39-25/h3,5-6,9-11,13,15-16,18,20,24-25,29-30H,4,7-8,12,14,17,19H2,1-2H3,(H,33,37)(H,34,35)/t20-,24?,25?,29?,30?/m0/s1. The van der Waals surface area contributed by atoms with Crippen LogP contribution in [0.3, 0.4) is 0 Å². The Morgan fingerprint density at radius 3 is 2.62 bits per heavy atom. The Hall–Kier alpha value is -3.36. The number of halogens is 1. The van der Waals surface area contributed by atoms with Crippen molar-refractivity contribution in [3.63, 3.8) is 0 Å². The van der Waals surface area contributed by atoms with Gasteiger partial charge in [-0.1, -0.05) is 67.4 Å². The minimum atomic E-state index is -0.784. The zero-order chi connectivity index (χ0) is 28.5. The number of amides is 2. The van der Waals surface area contributed by atoms with E-state index in [1.54, 1.807) is 18.2 Å². The molecule has 2 aromatic carbocycles. The molecular weight excluding hydrogens is 532 g/mol. The van der Waals surface area contributed by atoms with E-state index >= 15 is 0 Å². The highest BCUT2D eigenvalue weighted by Crippen LogP contribution is 2.45. The fourth-order valence-corrected chi connectivity index (χ4v) is 5.24. The molecule has 2 aromatic rings. The summed E-state index contributed by atoms with van der Waals surface area (Å²) < 4.78 is 17.1. The lowest BCUT2D eigenvalue weighted by atomic mass is 9.93. The summed E-state index contributed by atoms with van der Waals surface area (Å²) in [5, 5.41) is 6.15. The summed E-state index contributed by atoms with van der Waals surface area (Å²) in [5.41, 5.74) is 1.89. The first-order chi connectivity index (χ1) is 19.4. The van der Waals surface area contributed by atoms with Crippen LogP contribution in [0.4, 0.5) is 0 Å². The second-order valence-corrected chi connectivity index (χ2v) is 10.7. The summed E-state index contributed by atoms with van der Waals surface area (Å²) in [4.78, 5) is 38.5. The number of carbonyl (C=O) groups is 3. The van der Waals surface area contributed by atoms with Crippen molar-refractivity contribution in [2.75, 3.05) is 13.7 Å². The van der Waals surface area contributed by atoms with E-state index in [0.717, 1.165) is 17.5 Å². The number of ether oxygens (including phenoxy) is 3. The Balaban J connectivity index is 1.45. The molecule has 2 N–H and O–H groups in total. The number of nitrogens with one attached hydrogen (secondary N) is 2. The van der Waals surface area contributed by atoms with Gasteiger partial charge in [0.2, 0.25) is 11.8 Å². The summed E-state index contributed by atoms with van der Waals surface area (Å²) in [6.07, 6.45) is 5.61. The van der Waals surface area contributed by atoms with Crippen LogP contribution in [0, 0.1) is 5.92 Å². The molecule has 0 aliphatic carbocycles. The first-order valence-corrected chi connectivity index (χ1v) is 14.2. The van der Waals surface area contributed by atoms with Gasteiger partial charge in [-0.15, -0.1) is 0 Å². The summed E-state index contributed by atoms with van der Waals surface area (Å²) in [6, 6.07) is 14.5. The van der Waals surface area contributed by atoms with Crippen molar-refractivity contribution < 1.29 is 28.6 Å². The number of methoxy groups -OCH3 is 1. The molecule has 2 aliphatic heterocycles. The quantitative estimate of drug-likeness (QED) is 0.386. The van der Waals surface area contributed by atoms with Gasteiger partial charge in [-0.25, -0.2) is 0 Å². The molecule has 8 nitrogen and oxygen atoms in total. The Morgan fingerprint density at radius 1 is 1.07 bits per heavy atom. The highest BCUT2D eigenvalue weighted by Gasteiger charge is 2.47. The van der Waals surface area contributed by atoms with E-state index in [4.69, 9.17) is 25.8 Å². The van der Waals surface area contributed by atoms with Gasteiger partial charge in [0.25, 0.3) is 0 Å². The molecule has 9 heteroatoms. The van der Waals surface area contributed by atoms with Crippen molar-refractivity contribution >= 4 is 29.4 Å². The Bertz CT molecular complexity index is 1200. The SMILES string of the molecule is COc1ccc(CC2NC(=O)C=CCC([C@H](C)C3OC3c3ccccc3)OC(=O)CCCCCNC2=O)cc1Cl. The average molecular weight is 569 g/mol. The van der Waals surface area contributed by atoms with Crippen molar-refractivity contribution in [3.05, 3.63) is 76.8 Å². The zero-order valence-corrected chi connectivity index (χ0v) is 23.7. The third-order valence-electron chi connectivity index (χ3n) is 7.32. The zero-order valence-electron chi connectivity index (χ0n) is 22.9. The number of rotatable bonds is 6. The van der Waals surface area contributed by atoms with E-state index in [-0.39, 0.29) is 36.4 Å². The van der Waals surface area contributed by atoms with Gasteiger partial charge in [-0.05, 0) is 42.2 Å². The van der Waals surface area contributed by atoms with Crippen molar-refractivity contribution in [1.82, 2.24) is 10.6 Å². The molecule has 0 radical (unpaired) electrons. The minimum absolute atomic E-state index is 0.0340. The van der Waals surface area contributed by atoms with Crippen molar-refractivity contribution in [2.24, 2.45) is 5.92 Å². The largest absolute Gasteiger partial charge is 0.495 e. The predicted molar refractivity (Wildman–Crippen MR) is 152 cm³/mol. The Kier molecular flexibility index (Phi) is 10.6. The molecular formula is C31H37ClN2O6. The van der Waals surface area contributed by atoms with E-state index in [1.807, 2.05) is 43.3 Å². The minimum Gasteiger partial charge on any atom is -0.495 e. The lowest BCUT2D eigenvalue weighted by Gasteiger charge is -2.22. The smallest absolute Gasteiger partial charge is 0.306 e. The maximum atomic E-state index is 13.0. The fourth-order valence-electron chi connectivity index (χ4n) is 4.96. The van der Waals surface area contributed by atoms with Gasteiger partial charge in [0.15, 0.2) is 0 Å². The van der Waals surface area contributed by atoms with Crippen LogP contribution in [0.25, 0.3) is 0 Å².